The molecule has 5 heteroatoms. The first kappa shape index (κ1) is 16.8. The Hall–Kier alpha value is -2.04. The van der Waals surface area contributed by atoms with Gasteiger partial charge in [-0.3, -0.25) is 0 Å². The van der Waals surface area contributed by atoms with E-state index >= 15 is 0 Å². The zero-order valence-electron chi connectivity index (χ0n) is 13.7. The first-order valence-electron chi connectivity index (χ1n) is 8.17. The second kappa shape index (κ2) is 7.69. The number of fused-ring (bicyclic) bond motifs is 1. The van der Waals surface area contributed by atoms with E-state index in [9.17, 15) is 5.11 Å². The highest BCUT2D eigenvalue weighted by Crippen LogP contribution is 2.24. The van der Waals surface area contributed by atoms with Crippen molar-refractivity contribution in [2.75, 3.05) is 6.61 Å². The number of imidazole rings is 1. The van der Waals surface area contributed by atoms with Gasteiger partial charge in [-0.25, -0.2) is 4.98 Å². The van der Waals surface area contributed by atoms with Crippen LogP contribution in [0.1, 0.15) is 31.7 Å². The van der Waals surface area contributed by atoms with Gasteiger partial charge in [-0.05, 0) is 44.0 Å². The molecule has 4 nitrogen and oxygen atoms in total. The van der Waals surface area contributed by atoms with Crippen molar-refractivity contribution in [2.45, 2.75) is 32.4 Å². The normalized spacial score (nSPS) is 12.5. The van der Waals surface area contributed by atoms with Crippen LogP contribution < -0.4 is 4.74 Å². The van der Waals surface area contributed by atoms with Crippen LogP contribution in [-0.2, 0) is 6.54 Å². The Balaban J connectivity index is 1.60. The summed E-state index contributed by atoms with van der Waals surface area (Å²) < 4.78 is 7.81. The van der Waals surface area contributed by atoms with Gasteiger partial charge in [-0.1, -0.05) is 35.9 Å². The minimum atomic E-state index is -0.586. The molecule has 1 N–H and O–H groups in total. The van der Waals surface area contributed by atoms with E-state index in [4.69, 9.17) is 16.3 Å². The largest absolute Gasteiger partial charge is 0.492 e. The van der Waals surface area contributed by atoms with Crippen LogP contribution in [0.3, 0.4) is 0 Å². The summed E-state index contributed by atoms with van der Waals surface area (Å²) in [6.45, 7) is 3.16. The van der Waals surface area contributed by atoms with Crippen molar-refractivity contribution >= 4 is 22.6 Å². The van der Waals surface area contributed by atoms with Gasteiger partial charge in [0.05, 0.1) is 22.7 Å². The van der Waals surface area contributed by atoms with Gasteiger partial charge in [0, 0.05) is 6.54 Å². The lowest BCUT2D eigenvalue weighted by atomic mass is 10.2. The summed E-state index contributed by atoms with van der Waals surface area (Å²) in [5.74, 6) is 1.43. The minimum absolute atomic E-state index is 0.586. The molecule has 0 aliphatic heterocycles. The molecule has 0 spiro atoms. The summed E-state index contributed by atoms with van der Waals surface area (Å²) in [5.41, 5.74) is 1.97. The van der Waals surface area contributed by atoms with Crippen molar-refractivity contribution in [3.63, 3.8) is 0 Å². The van der Waals surface area contributed by atoms with Crippen LogP contribution in [0.15, 0.2) is 48.5 Å². The lowest BCUT2D eigenvalue weighted by Crippen LogP contribution is -2.08. The quantitative estimate of drug-likeness (QED) is 0.637. The van der Waals surface area contributed by atoms with Crippen LogP contribution in [0.5, 0.6) is 5.75 Å². The lowest BCUT2D eigenvalue weighted by Gasteiger charge is -2.11. The van der Waals surface area contributed by atoms with E-state index in [1.165, 1.54) is 0 Å². The first-order valence-corrected chi connectivity index (χ1v) is 8.55. The molecule has 0 radical (unpaired) electrons. The number of aliphatic hydroxyl groups excluding tert-OH is 1. The van der Waals surface area contributed by atoms with Gasteiger partial charge in [0.25, 0.3) is 0 Å². The third-order valence-electron chi connectivity index (χ3n) is 3.93. The fourth-order valence-corrected chi connectivity index (χ4v) is 2.95. The molecule has 0 aliphatic rings. The van der Waals surface area contributed by atoms with Crippen LogP contribution in [0.4, 0.5) is 0 Å². The molecule has 24 heavy (non-hydrogen) atoms. The zero-order valence-corrected chi connectivity index (χ0v) is 14.4. The Morgan fingerprint density at radius 2 is 1.88 bits per heavy atom. The van der Waals surface area contributed by atoms with Crippen LogP contribution in [0.25, 0.3) is 11.0 Å². The van der Waals surface area contributed by atoms with Crippen LogP contribution in [0, 0.1) is 0 Å². The monoisotopic (exact) mass is 344 g/mol. The SMILES string of the molecule is C[C@@H](O)c1nc2ccccc2n1CCCCOc1ccccc1Cl. The Morgan fingerprint density at radius 3 is 2.67 bits per heavy atom. The highest BCUT2D eigenvalue weighted by Gasteiger charge is 2.13. The smallest absolute Gasteiger partial charge is 0.138 e. The number of hydrogen-bond donors (Lipinski definition) is 1. The van der Waals surface area contributed by atoms with Gasteiger partial charge >= 0.3 is 0 Å². The molecule has 1 heterocycles. The molecule has 1 atom stereocenters. The summed E-state index contributed by atoms with van der Waals surface area (Å²) in [5, 5.41) is 10.6. The molecule has 126 valence electrons. The number of rotatable bonds is 7. The molecule has 2 aromatic carbocycles. The number of benzene rings is 2. The minimum Gasteiger partial charge on any atom is -0.492 e. The first-order chi connectivity index (χ1) is 11.7. The van der Waals surface area contributed by atoms with E-state index in [1.807, 2.05) is 48.5 Å². The summed E-state index contributed by atoms with van der Waals surface area (Å²) >= 11 is 6.07. The average molecular weight is 345 g/mol. The van der Waals surface area contributed by atoms with Crippen molar-refractivity contribution < 1.29 is 9.84 Å². The molecular formula is C19H21ClN2O2. The predicted octanol–water partition coefficient (Wildman–Crippen LogP) is 4.60. The third kappa shape index (κ3) is 3.71. The van der Waals surface area contributed by atoms with E-state index in [0.29, 0.717) is 17.5 Å². The highest BCUT2D eigenvalue weighted by molar-refractivity contribution is 6.32. The number of nitrogens with zero attached hydrogens (tertiary/aromatic N) is 2. The maximum atomic E-state index is 9.96. The van der Waals surface area contributed by atoms with Crippen molar-refractivity contribution in [1.29, 1.82) is 0 Å². The topological polar surface area (TPSA) is 47.3 Å². The number of hydrogen-bond acceptors (Lipinski definition) is 3. The van der Waals surface area contributed by atoms with Crippen molar-refractivity contribution in [1.82, 2.24) is 9.55 Å². The number of halogens is 1. The predicted molar refractivity (Wildman–Crippen MR) is 96.5 cm³/mol. The van der Waals surface area contributed by atoms with Crippen molar-refractivity contribution in [3.8, 4) is 5.75 Å². The van der Waals surface area contributed by atoms with Crippen molar-refractivity contribution in [2.24, 2.45) is 0 Å². The average Bonchev–Trinajstić information content (AvgIpc) is 2.95. The molecule has 1 aromatic heterocycles. The zero-order chi connectivity index (χ0) is 16.9. The Morgan fingerprint density at radius 1 is 1.12 bits per heavy atom. The van der Waals surface area contributed by atoms with E-state index < -0.39 is 6.10 Å². The molecule has 0 amide bonds. The van der Waals surface area contributed by atoms with Gasteiger partial charge < -0.3 is 14.4 Å². The fourth-order valence-electron chi connectivity index (χ4n) is 2.76. The number of aromatic nitrogens is 2. The van der Waals surface area contributed by atoms with E-state index in [-0.39, 0.29) is 0 Å². The molecule has 0 saturated heterocycles. The molecule has 0 bridgehead atoms. The summed E-state index contributed by atoms with van der Waals surface area (Å²) in [6, 6.07) is 15.5. The van der Waals surface area contributed by atoms with Gasteiger partial charge in [-0.2, -0.15) is 0 Å². The molecule has 0 unspecified atom stereocenters. The Bertz CT molecular complexity index is 814. The number of unbranched alkanes of at least 4 members (excludes halogenated alkanes) is 1. The summed E-state index contributed by atoms with van der Waals surface area (Å²) in [4.78, 5) is 4.53. The number of aryl methyl sites for hydroxylation is 1. The van der Waals surface area contributed by atoms with Crippen LogP contribution >= 0.6 is 11.6 Å². The van der Waals surface area contributed by atoms with Crippen LogP contribution in [-0.4, -0.2) is 21.3 Å². The van der Waals surface area contributed by atoms with E-state index in [0.717, 1.165) is 36.2 Å². The number of para-hydroxylation sites is 3. The van der Waals surface area contributed by atoms with Crippen LogP contribution in [0.2, 0.25) is 5.02 Å². The maximum Gasteiger partial charge on any atom is 0.138 e. The Kier molecular flexibility index (Phi) is 5.38. The van der Waals surface area contributed by atoms with E-state index in [1.54, 1.807) is 6.92 Å². The van der Waals surface area contributed by atoms with Gasteiger partial charge in [0.15, 0.2) is 0 Å². The lowest BCUT2D eigenvalue weighted by molar-refractivity contribution is 0.184. The number of aliphatic hydroxyl groups is 1. The van der Waals surface area contributed by atoms with Gasteiger partial charge in [0.1, 0.15) is 17.7 Å². The molecule has 0 aliphatic carbocycles. The molecular weight excluding hydrogens is 324 g/mol. The second-order valence-corrected chi connectivity index (χ2v) is 6.18. The van der Waals surface area contributed by atoms with E-state index in [2.05, 4.69) is 9.55 Å². The summed E-state index contributed by atoms with van der Waals surface area (Å²) in [7, 11) is 0. The summed E-state index contributed by atoms with van der Waals surface area (Å²) in [6.07, 6.45) is 1.25. The maximum absolute atomic E-state index is 9.96. The molecule has 0 saturated carbocycles. The number of ether oxygens (including phenoxy) is 1. The second-order valence-electron chi connectivity index (χ2n) is 5.77. The fraction of sp³-hybridized carbons (Fsp3) is 0.316. The molecule has 3 aromatic rings. The molecule has 0 fully saturated rings. The highest BCUT2D eigenvalue weighted by atomic mass is 35.5. The van der Waals surface area contributed by atoms with Gasteiger partial charge in [0.2, 0.25) is 0 Å². The molecule has 3 rings (SSSR count). The Labute approximate surface area is 146 Å². The van der Waals surface area contributed by atoms with Crippen molar-refractivity contribution in [3.05, 3.63) is 59.4 Å². The third-order valence-corrected chi connectivity index (χ3v) is 4.24. The standard InChI is InChI=1S/C19H21ClN2O2/c1-14(23)19-21-16-9-3-4-10-17(16)22(19)12-6-7-13-24-18-11-5-2-8-15(18)20/h2-5,8-11,14,23H,6-7,12-13H2,1H3/t14-/m1/s1. The van der Waals surface area contributed by atoms with Gasteiger partial charge in [-0.15, -0.1) is 0 Å².